The number of carbonyl (C=O) groups excluding carboxylic acids is 3. The van der Waals surface area contributed by atoms with Crippen molar-refractivity contribution in [2.75, 3.05) is 13.2 Å². The molecule has 0 saturated heterocycles. The maximum Gasteiger partial charge on any atom is 0.508 e. The van der Waals surface area contributed by atoms with Crippen LogP contribution in [0.3, 0.4) is 0 Å². The van der Waals surface area contributed by atoms with E-state index in [-0.39, 0.29) is 37.6 Å². The summed E-state index contributed by atoms with van der Waals surface area (Å²) in [4.78, 5) is 48.4. The number of carboxylic acids is 1. The van der Waals surface area contributed by atoms with E-state index in [9.17, 15) is 24.3 Å². The topological polar surface area (TPSA) is 151 Å². The summed E-state index contributed by atoms with van der Waals surface area (Å²) in [5.74, 6) is -3.52. The molecule has 1 rings (SSSR count). The molecule has 10 heteroatoms. The summed E-state index contributed by atoms with van der Waals surface area (Å²) in [5.41, 5.74) is 6.47. The second kappa shape index (κ2) is 18.2. The van der Waals surface area contributed by atoms with Crippen LogP contribution in [0.25, 0.3) is 0 Å². The van der Waals surface area contributed by atoms with Gasteiger partial charge in [0, 0.05) is 18.8 Å². The zero-order chi connectivity index (χ0) is 28.5. The predicted octanol–water partition coefficient (Wildman–Crippen LogP) is 5.35. The highest BCUT2D eigenvalue weighted by Crippen LogP contribution is 2.36. The van der Waals surface area contributed by atoms with E-state index in [2.05, 4.69) is 0 Å². The molecule has 0 amide bonds. The lowest BCUT2D eigenvalue weighted by Crippen LogP contribution is -2.40. The molecule has 1 aromatic rings. The zero-order valence-corrected chi connectivity index (χ0v) is 23.0. The van der Waals surface area contributed by atoms with Crippen LogP contribution in [0.2, 0.25) is 0 Å². The fraction of sp³-hybridized carbons (Fsp3) is 0.643. The molecule has 3 N–H and O–H groups in total. The lowest BCUT2D eigenvalue weighted by atomic mass is 9.82. The van der Waals surface area contributed by atoms with Crippen LogP contribution in [0, 0.1) is 5.92 Å². The third kappa shape index (κ3) is 11.9. The van der Waals surface area contributed by atoms with Crippen molar-refractivity contribution in [3.8, 4) is 11.5 Å². The number of esters is 2. The molecular formula is C28H43NO9. The van der Waals surface area contributed by atoms with Crippen LogP contribution in [-0.2, 0) is 23.9 Å². The molecule has 0 heterocycles. The highest BCUT2D eigenvalue weighted by Gasteiger charge is 2.33. The van der Waals surface area contributed by atoms with Crippen LogP contribution in [0.1, 0.15) is 97.0 Å². The van der Waals surface area contributed by atoms with E-state index in [0.29, 0.717) is 18.4 Å². The Morgan fingerprint density at radius 3 is 1.97 bits per heavy atom. The number of unbranched alkanes of at least 4 members (excludes halogenated alkanes) is 4. The van der Waals surface area contributed by atoms with Crippen molar-refractivity contribution in [2.24, 2.45) is 11.7 Å². The Bertz CT molecular complexity index is 902. The fourth-order valence-electron chi connectivity index (χ4n) is 3.78. The summed E-state index contributed by atoms with van der Waals surface area (Å²) in [7, 11) is 0. The minimum atomic E-state index is -1.35. The van der Waals surface area contributed by atoms with E-state index in [1.807, 2.05) is 20.8 Å². The first kappa shape index (κ1) is 32.9. The first-order valence-electron chi connectivity index (χ1n) is 13.5. The summed E-state index contributed by atoms with van der Waals surface area (Å²) in [6, 6.07) is 3.13. The van der Waals surface area contributed by atoms with Gasteiger partial charge in [-0.3, -0.25) is 14.4 Å². The minimum absolute atomic E-state index is 0.000470. The molecule has 3 atom stereocenters. The van der Waals surface area contributed by atoms with Crippen LogP contribution in [0.5, 0.6) is 11.5 Å². The first-order chi connectivity index (χ1) is 18.1. The Balaban J connectivity index is 3.18. The predicted molar refractivity (Wildman–Crippen MR) is 141 cm³/mol. The number of carbonyl (C=O) groups is 4. The van der Waals surface area contributed by atoms with Crippen molar-refractivity contribution in [1.29, 1.82) is 0 Å². The van der Waals surface area contributed by atoms with E-state index < -0.39 is 41.9 Å². The van der Waals surface area contributed by atoms with Gasteiger partial charge >= 0.3 is 24.1 Å². The van der Waals surface area contributed by atoms with Crippen LogP contribution in [-0.4, -0.2) is 48.4 Å². The molecule has 0 fully saturated rings. The van der Waals surface area contributed by atoms with Gasteiger partial charge in [-0.25, -0.2) is 4.79 Å². The van der Waals surface area contributed by atoms with Crippen molar-refractivity contribution in [1.82, 2.24) is 0 Å². The number of rotatable bonds is 18. The molecular weight excluding hydrogens is 494 g/mol. The van der Waals surface area contributed by atoms with Gasteiger partial charge in [-0.1, -0.05) is 59.4 Å². The Morgan fingerprint density at radius 1 is 0.842 bits per heavy atom. The maximum absolute atomic E-state index is 12.4. The number of benzene rings is 1. The van der Waals surface area contributed by atoms with Crippen molar-refractivity contribution in [3.05, 3.63) is 23.8 Å². The first-order valence-corrected chi connectivity index (χ1v) is 13.5. The smallest absolute Gasteiger partial charge is 0.480 e. The van der Waals surface area contributed by atoms with Crippen LogP contribution >= 0.6 is 0 Å². The summed E-state index contributed by atoms with van der Waals surface area (Å²) in [6.45, 7) is 7.72. The van der Waals surface area contributed by atoms with E-state index in [1.165, 1.54) is 12.1 Å². The third-order valence-corrected chi connectivity index (χ3v) is 5.99. The number of carboxylic acid groups (broad SMARTS) is 1. The number of nitrogens with two attached hydrogens (primary N) is 1. The average molecular weight is 538 g/mol. The Morgan fingerprint density at radius 2 is 1.42 bits per heavy atom. The third-order valence-electron chi connectivity index (χ3n) is 5.99. The van der Waals surface area contributed by atoms with Gasteiger partial charge in [0.2, 0.25) is 0 Å². The van der Waals surface area contributed by atoms with Crippen molar-refractivity contribution >= 4 is 24.1 Å². The van der Waals surface area contributed by atoms with E-state index in [0.717, 1.165) is 32.1 Å². The largest absolute Gasteiger partial charge is 0.508 e. The minimum Gasteiger partial charge on any atom is -0.480 e. The molecule has 0 bridgehead atoms. The Kier molecular flexibility index (Phi) is 15.7. The van der Waals surface area contributed by atoms with Gasteiger partial charge in [-0.15, -0.1) is 0 Å². The van der Waals surface area contributed by atoms with Crippen LogP contribution in [0.4, 0.5) is 4.79 Å². The van der Waals surface area contributed by atoms with Gasteiger partial charge in [0.1, 0.15) is 6.04 Å². The molecule has 38 heavy (non-hydrogen) atoms. The monoisotopic (exact) mass is 537 g/mol. The van der Waals surface area contributed by atoms with Gasteiger partial charge in [-0.05, 0) is 42.9 Å². The second-order valence-corrected chi connectivity index (χ2v) is 9.35. The Hall–Kier alpha value is -3.14. The molecule has 10 nitrogen and oxygen atoms in total. The zero-order valence-electron chi connectivity index (χ0n) is 23.0. The number of ether oxygens (including phenoxy) is 4. The van der Waals surface area contributed by atoms with Gasteiger partial charge in [0.05, 0.1) is 13.2 Å². The maximum atomic E-state index is 12.4. The molecule has 2 unspecified atom stereocenters. The highest BCUT2D eigenvalue weighted by molar-refractivity contribution is 5.77. The van der Waals surface area contributed by atoms with Crippen LogP contribution in [0.15, 0.2) is 18.2 Å². The molecule has 1 aromatic carbocycles. The van der Waals surface area contributed by atoms with Gasteiger partial charge in [0.25, 0.3) is 0 Å². The van der Waals surface area contributed by atoms with Gasteiger partial charge in [-0.2, -0.15) is 0 Å². The molecule has 214 valence electrons. The molecule has 0 aromatic heterocycles. The standard InChI is InChI=1S/C28H43NO9/c1-5-8-11-16-35-28(34)36-18-19(4)25(26(29)27(32)33)20-14-15-21(37-23(30)12-9-6-2)22(17-20)38-24(31)13-10-7-3/h14-15,17,19,25-26H,5-13,16,18,29H2,1-4H3,(H,32,33)/t19?,25?,26-/m0/s1. The van der Waals surface area contributed by atoms with Crippen molar-refractivity contribution in [2.45, 2.75) is 97.4 Å². The quantitative estimate of drug-likeness (QED) is 0.142. The van der Waals surface area contributed by atoms with Crippen LogP contribution < -0.4 is 15.2 Å². The normalized spacial score (nSPS) is 13.2. The van der Waals surface area contributed by atoms with Crippen molar-refractivity contribution in [3.63, 3.8) is 0 Å². The molecule has 0 saturated carbocycles. The number of hydrogen-bond acceptors (Lipinski definition) is 9. The molecule has 0 radical (unpaired) electrons. The molecule has 0 aliphatic rings. The van der Waals surface area contributed by atoms with Crippen molar-refractivity contribution < 1.29 is 43.2 Å². The highest BCUT2D eigenvalue weighted by atomic mass is 16.7. The van der Waals surface area contributed by atoms with Gasteiger partial charge < -0.3 is 29.8 Å². The molecule has 0 aliphatic heterocycles. The summed E-state index contributed by atoms with van der Waals surface area (Å²) in [5, 5.41) is 9.66. The van der Waals surface area contributed by atoms with E-state index in [4.69, 9.17) is 24.7 Å². The SMILES string of the molecule is CCCCCOC(=O)OCC(C)C(c1ccc(OC(=O)CCCC)c(OC(=O)CCCC)c1)[C@H](N)C(=O)O. The summed E-state index contributed by atoms with van der Waals surface area (Å²) >= 11 is 0. The van der Waals surface area contributed by atoms with E-state index >= 15 is 0 Å². The summed E-state index contributed by atoms with van der Waals surface area (Å²) < 4.78 is 21.2. The molecule has 0 aliphatic carbocycles. The average Bonchev–Trinajstić information content (AvgIpc) is 2.88. The van der Waals surface area contributed by atoms with E-state index in [1.54, 1.807) is 13.0 Å². The number of hydrogen-bond donors (Lipinski definition) is 2. The Labute approximate surface area is 225 Å². The molecule has 0 spiro atoms. The lowest BCUT2D eigenvalue weighted by Gasteiger charge is -2.28. The number of aliphatic carboxylic acids is 1. The second-order valence-electron chi connectivity index (χ2n) is 9.35. The fourth-order valence-corrected chi connectivity index (χ4v) is 3.78. The lowest BCUT2D eigenvalue weighted by molar-refractivity contribution is -0.139. The van der Waals surface area contributed by atoms with Gasteiger partial charge in [0.15, 0.2) is 11.5 Å². The summed E-state index contributed by atoms with van der Waals surface area (Å²) in [6.07, 6.45) is 5.06.